The number of amides is 4. The lowest BCUT2D eigenvalue weighted by atomic mass is 10.0. The Balaban J connectivity index is 0.747. The number of thiophene rings is 1. The molecule has 60 heavy (non-hydrogen) atoms. The molecule has 3 N–H and O–H groups in total. The summed E-state index contributed by atoms with van der Waals surface area (Å²) in [4.78, 5) is 73.8. The molecule has 13 nitrogen and oxygen atoms in total. The van der Waals surface area contributed by atoms with E-state index in [4.69, 9.17) is 4.98 Å². The molecule has 3 aromatic heterocycles. The lowest BCUT2D eigenvalue weighted by Crippen LogP contribution is -2.48. The molecule has 4 amide bonds. The van der Waals surface area contributed by atoms with Crippen molar-refractivity contribution in [3.63, 3.8) is 0 Å². The van der Waals surface area contributed by atoms with Crippen LogP contribution in [0, 0.1) is 0 Å². The van der Waals surface area contributed by atoms with Crippen molar-refractivity contribution < 1.29 is 19.2 Å². The van der Waals surface area contributed by atoms with E-state index in [0.29, 0.717) is 37.4 Å². The van der Waals surface area contributed by atoms with Crippen molar-refractivity contribution in [3.05, 3.63) is 87.7 Å². The molecule has 1 unspecified atom stereocenters. The van der Waals surface area contributed by atoms with Crippen molar-refractivity contribution in [2.45, 2.75) is 76.8 Å². The van der Waals surface area contributed by atoms with Crippen LogP contribution in [0.2, 0.25) is 0 Å². The molecule has 2 atom stereocenters. The average Bonchev–Trinajstić information content (AvgIpc) is 3.71. The van der Waals surface area contributed by atoms with Crippen LogP contribution in [0.1, 0.15) is 79.6 Å². The number of hydrogen-bond acceptors (Lipinski definition) is 9. The van der Waals surface area contributed by atoms with Crippen molar-refractivity contribution in [1.82, 2.24) is 29.7 Å². The maximum absolute atomic E-state index is 13.2. The second kappa shape index (κ2) is 16.6. The van der Waals surface area contributed by atoms with Gasteiger partial charge in [-0.15, -0.1) is 11.3 Å². The third kappa shape index (κ3) is 7.53. The second-order valence-electron chi connectivity index (χ2n) is 16.4. The predicted molar refractivity (Wildman–Crippen MR) is 237 cm³/mol. The number of aromatic nitrogens is 3. The van der Waals surface area contributed by atoms with E-state index in [1.54, 1.807) is 11.6 Å². The number of hydrogen-bond donors (Lipinski definition) is 3. The molecule has 3 aromatic carbocycles. The number of piperazine rings is 1. The first-order chi connectivity index (χ1) is 29.1. The smallest absolute Gasteiger partial charge is 0.329 e. The first-order valence-electron chi connectivity index (χ1n) is 21.2. The fourth-order valence-electron chi connectivity index (χ4n) is 9.19. The molecule has 3 aliphatic heterocycles. The molecule has 310 valence electrons. The van der Waals surface area contributed by atoms with Crippen LogP contribution in [-0.4, -0.2) is 81.4 Å². The number of anilines is 2. The number of pyridine rings is 1. The van der Waals surface area contributed by atoms with Crippen LogP contribution in [0.25, 0.3) is 43.3 Å². The van der Waals surface area contributed by atoms with E-state index in [-0.39, 0.29) is 35.9 Å². The van der Waals surface area contributed by atoms with Crippen molar-refractivity contribution in [1.29, 1.82) is 0 Å². The zero-order chi connectivity index (χ0) is 41.5. The van der Waals surface area contributed by atoms with Gasteiger partial charge in [0.15, 0.2) is 0 Å². The maximum atomic E-state index is 13.2. The first-order valence-corrected chi connectivity index (χ1v) is 22.0. The molecular formula is C46H50N8O5S. The van der Waals surface area contributed by atoms with Crippen LogP contribution in [-0.2, 0) is 27.9 Å². The maximum Gasteiger partial charge on any atom is 0.329 e. The van der Waals surface area contributed by atoms with Crippen LogP contribution < -0.4 is 26.5 Å². The minimum atomic E-state index is -0.690. The zero-order valence-electron chi connectivity index (χ0n) is 34.1. The Morgan fingerprint density at radius 2 is 1.70 bits per heavy atom. The summed E-state index contributed by atoms with van der Waals surface area (Å²) in [6.45, 7) is 5.62. The SMILES string of the molecule is C[C@@H]1CNc2c(sc3ccc4nc(-c5cccc(N6CCN(C(=O)CCCCCCCc7cccc8c7n(C)c(=O)n8C7CCC(=O)NC7=O)CC6)c5)ccc4c23)C(=O)N1. The molecule has 0 spiro atoms. The Hall–Kier alpha value is -6.02. The monoisotopic (exact) mass is 826 g/mol. The van der Waals surface area contributed by atoms with Crippen molar-refractivity contribution >= 4 is 78.4 Å². The number of nitrogens with zero attached hydrogens (tertiary/aromatic N) is 5. The molecule has 6 aromatic rings. The molecule has 9 rings (SSSR count). The van der Waals surface area contributed by atoms with Gasteiger partial charge in [-0.2, -0.15) is 0 Å². The van der Waals surface area contributed by atoms with Crippen molar-refractivity contribution in [3.8, 4) is 11.3 Å². The van der Waals surface area contributed by atoms with Gasteiger partial charge in [0.05, 0.1) is 27.9 Å². The summed E-state index contributed by atoms with van der Waals surface area (Å²) in [6, 6.07) is 22.0. The number of benzene rings is 3. The summed E-state index contributed by atoms with van der Waals surface area (Å²) in [5.74, 6) is -0.538. The van der Waals surface area contributed by atoms with Gasteiger partial charge in [-0.25, -0.2) is 9.78 Å². The predicted octanol–water partition coefficient (Wildman–Crippen LogP) is 6.52. The van der Waals surface area contributed by atoms with Gasteiger partial charge in [0.2, 0.25) is 17.7 Å². The standard InChI is InChI=1S/C46H50N8O5S/c1-28-27-47-41-40-32-16-17-33(49-34(32)18-20-37(40)60-43(41)45(58)48-28)30-12-8-13-31(26-30)52-22-24-53(25-23-52)39(56)15-7-5-3-4-6-10-29-11-9-14-35-42(29)51(2)46(59)54(35)36-19-21-38(55)50-44(36)57/h8-9,11-14,16-18,20,26,28,36,47H,3-7,10,15,19,21-25,27H2,1-2H3,(H,48,58)(H,50,55,57)/t28-,36?/m1/s1. The van der Waals surface area contributed by atoms with E-state index in [0.717, 1.165) is 112 Å². The van der Waals surface area contributed by atoms with Crippen LogP contribution in [0.5, 0.6) is 0 Å². The minimum Gasteiger partial charge on any atom is -0.381 e. The Bertz CT molecular complexity index is 2730. The number of unbranched alkanes of at least 4 members (excludes halogenated alkanes) is 4. The molecule has 2 saturated heterocycles. The average molecular weight is 827 g/mol. The number of imide groups is 1. The summed E-state index contributed by atoms with van der Waals surface area (Å²) >= 11 is 1.52. The summed E-state index contributed by atoms with van der Waals surface area (Å²) in [5, 5.41) is 11.0. The molecule has 0 radical (unpaired) electrons. The van der Waals surface area contributed by atoms with Crippen LogP contribution >= 0.6 is 11.3 Å². The van der Waals surface area contributed by atoms with E-state index >= 15 is 0 Å². The number of carbonyl (C=O) groups is 4. The number of carbonyl (C=O) groups excluding carboxylic acids is 4. The Labute approximate surface area is 351 Å². The molecule has 2 fully saturated rings. The van der Waals surface area contributed by atoms with Crippen molar-refractivity contribution in [2.75, 3.05) is 42.9 Å². The zero-order valence-corrected chi connectivity index (χ0v) is 34.9. The van der Waals surface area contributed by atoms with Gasteiger partial charge in [0.25, 0.3) is 5.91 Å². The van der Waals surface area contributed by atoms with Gasteiger partial charge >= 0.3 is 5.69 Å². The highest BCUT2D eigenvalue weighted by Crippen LogP contribution is 2.41. The lowest BCUT2D eigenvalue weighted by molar-refractivity contribution is -0.136. The van der Waals surface area contributed by atoms with Crippen molar-refractivity contribution in [2.24, 2.45) is 7.05 Å². The molecule has 0 saturated carbocycles. The summed E-state index contributed by atoms with van der Waals surface area (Å²) < 4.78 is 4.23. The molecular weight excluding hydrogens is 777 g/mol. The molecule has 0 bridgehead atoms. The van der Waals surface area contributed by atoms with E-state index < -0.39 is 11.9 Å². The third-order valence-electron chi connectivity index (χ3n) is 12.4. The topological polar surface area (TPSA) is 151 Å². The molecule has 3 aliphatic rings. The highest BCUT2D eigenvalue weighted by molar-refractivity contribution is 7.21. The number of para-hydroxylation sites is 1. The molecule has 14 heteroatoms. The number of imidazole rings is 1. The van der Waals surface area contributed by atoms with E-state index in [1.165, 1.54) is 15.9 Å². The fourth-order valence-corrected chi connectivity index (χ4v) is 10.3. The fraction of sp³-hybridized carbons (Fsp3) is 0.391. The highest BCUT2D eigenvalue weighted by atomic mass is 32.1. The van der Waals surface area contributed by atoms with Crippen LogP contribution in [0.15, 0.2) is 71.5 Å². The number of fused-ring (bicyclic) bond motifs is 6. The van der Waals surface area contributed by atoms with Gasteiger partial charge in [-0.1, -0.05) is 43.5 Å². The van der Waals surface area contributed by atoms with Gasteiger partial charge < -0.3 is 20.4 Å². The minimum absolute atomic E-state index is 0.0331. The normalized spacial score (nSPS) is 18.4. The number of piperidine rings is 1. The highest BCUT2D eigenvalue weighted by Gasteiger charge is 2.32. The number of nitrogens with one attached hydrogen (secondary N) is 3. The largest absolute Gasteiger partial charge is 0.381 e. The van der Waals surface area contributed by atoms with Gasteiger partial charge in [0, 0.05) is 85.4 Å². The summed E-state index contributed by atoms with van der Waals surface area (Å²) in [6.07, 6.45) is 6.78. The van der Waals surface area contributed by atoms with Gasteiger partial charge in [0.1, 0.15) is 10.9 Å². The van der Waals surface area contributed by atoms with Gasteiger partial charge in [-0.05, 0) is 80.6 Å². The van der Waals surface area contributed by atoms with E-state index in [9.17, 15) is 24.0 Å². The Morgan fingerprint density at radius 3 is 2.53 bits per heavy atom. The first kappa shape index (κ1) is 39.4. The third-order valence-corrected chi connectivity index (χ3v) is 13.5. The number of aryl methyl sites for hydroxylation is 2. The van der Waals surface area contributed by atoms with E-state index in [2.05, 4.69) is 63.3 Å². The van der Waals surface area contributed by atoms with E-state index in [1.807, 2.05) is 36.1 Å². The Kier molecular flexibility index (Phi) is 10.9. The quantitative estimate of drug-likeness (QED) is 0.0988. The molecule has 6 heterocycles. The molecule has 0 aliphatic carbocycles. The lowest BCUT2D eigenvalue weighted by Gasteiger charge is -2.36. The Morgan fingerprint density at radius 1 is 0.900 bits per heavy atom. The van der Waals surface area contributed by atoms with Crippen LogP contribution in [0.3, 0.4) is 0 Å². The van der Waals surface area contributed by atoms with Crippen LogP contribution in [0.4, 0.5) is 11.4 Å². The van der Waals surface area contributed by atoms with Gasteiger partial charge in [-0.3, -0.25) is 33.6 Å². The number of rotatable bonds is 11. The summed E-state index contributed by atoms with van der Waals surface area (Å²) in [5.41, 5.74) is 7.23. The summed E-state index contributed by atoms with van der Waals surface area (Å²) in [7, 11) is 1.74. The second-order valence-corrected chi connectivity index (χ2v) is 17.5.